The number of aromatic amines is 2. The normalized spacial score (nSPS) is 13.6. The lowest BCUT2D eigenvalue weighted by molar-refractivity contribution is -0.128. The Morgan fingerprint density at radius 1 is 0.548 bits per heavy atom. The molecule has 0 aliphatic carbocycles. The quantitative estimate of drug-likeness (QED) is 0.0994. The van der Waals surface area contributed by atoms with Crippen molar-refractivity contribution in [3.05, 3.63) is 143 Å². The lowest BCUT2D eigenvalue weighted by atomic mass is 10.0. The summed E-state index contributed by atoms with van der Waals surface area (Å²) in [5.74, 6) is -7.81. The SMILES string of the molecule is COC(=O)c1nc(-c2ccc(F)c3c(C(=O)C(=O)N4CCN(C(=O)c5ccccc5)CC4)c[nH]c23)no1.NC(=O)c1nc(-c2ccc(F)c3c(C(=O)C(=O)N4CCN(C(=O)c5ccccc5)CC4)c[nH]c23)no1. The molecule has 2 fully saturated rings. The third-order valence-electron chi connectivity index (χ3n) is 12.1. The average molecular weight is 996 g/mol. The van der Waals surface area contributed by atoms with E-state index in [1.807, 2.05) is 12.1 Å². The molecule has 6 heterocycles. The van der Waals surface area contributed by atoms with Crippen molar-refractivity contribution in [1.29, 1.82) is 0 Å². The molecule has 8 aromatic rings. The van der Waals surface area contributed by atoms with Crippen LogP contribution in [0.1, 0.15) is 62.8 Å². The number of hydrogen-bond acceptors (Lipinski definition) is 15. The molecule has 2 aliphatic heterocycles. The topological polar surface area (TPSA) is 294 Å². The Kier molecular flexibility index (Phi) is 13.4. The average Bonchev–Trinajstić information content (AvgIpc) is 4.29. The number of rotatable bonds is 10. The zero-order valence-electron chi connectivity index (χ0n) is 38.3. The van der Waals surface area contributed by atoms with E-state index in [9.17, 15) is 47.1 Å². The predicted molar refractivity (Wildman–Crippen MR) is 249 cm³/mol. The number of hydrogen-bond donors (Lipinski definition) is 3. The van der Waals surface area contributed by atoms with E-state index in [1.165, 1.54) is 34.3 Å². The molecule has 24 heteroatoms. The minimum absolute atomic E-state index is 0.0308. The number of primary amides is 1. The highest BCUT2D eigenvalue weighted by molar-refractivity contribution is 6.45. The summed E-state index contributed by atoms with van der Waals surface area (Å²) in [5, 5.41) is 7.16. The fourth-order valence-corrected chi connectivity index (χ4v) is 8.35. The van der Waals surface area contributed by atoms with Gasteiger partial charge in [-0.25, -0.2) is 13.6 Å². The van der Waals surface area contributed by atoms with E-state index >= 15 is 0 Å². The maximum atomic E-state index is 14.9. The second kappa shape index (κ2) is 20.3. The number of ether oxygens (including phenoxy) is 1. The summed E-state index contributed by atoms with van der Waals surface area (Å²) >= 11 is 0. The first-order chi connectivity index (χ1) is 35.2. The summed E-state index contributed by atoms with van der Waals surface area (Å²) in [5.41, 5.74) is 6.74. The van der Waals surface area contributed by atoms with E-state index in [0.29, 0.717) is 11.1 Å². The van der Waals surface area contributed by atoms with Crippen LogP contribution in [0.25, 0.3) is 44.6 Å². The first-order valence-corrected chi connectivity index (χ1v) is 22.2. The summed E-state index contributed by atoms with van der Waals surface area (Å²) < 4.78 is 43.9. The Hall–Kier alpha value is -9.74. The van der Waals surface area contributed by atoms with Gasteiger partial charge in [-0.3, -0.25) is 33.6 Å². The van der Waals surface area contributed by atoms with Crippen LogP contribution >= 0.6 is 0 Å². The molecule has 0 spiro atoms. The van der Waals surface area contributed by atoms with Crippen LogP contribution < -0.4 is 5.73 Å². The fraction of sp³-hybridized carbons (Fsp3) is 0.184. The Morgan fingerprint density at radius 2 is 0.932 bits per heavy atom. The Bertz CT molecular complexity index is 3480. The number of benzene rings is 4. The number of Topliss-reactive ketones (excluding diaryl/α,β-unsaturated/α-hetero) is 2. The standard InChI is InChI=1S/C25H20FN5O6.C24H19FN6O5/c1-36-25(35)22-28-21(29-37-22)15-7-8-17(26)18-16(13-27-19(15)18)20(32)24(34)31-11-9-30(10-12-31)23(33)14-5-3-2-4-6-14;25-16-7-6-14(21-28-22(20(26)33)36-29-21)18-17(16)15(12-27-18)19(32)24(35)31-10-8-30(9-11-31)23(34)13-4-2-1-3-5-13/h2-8,13,27H,9-12H2,1H3;1-7,12,27H,8-11H2,(H2,26,33). The summed E-state index contributed by atoms with van der Waals surface area (Å²) in [6, 6.07) is 22.5. The van der Waals surface area contributed by atoms with Gasteiger partial charge in [-0.05, 0) is 48.5 Å². The lowest BCUT2D eigenvalue weighted by Gasteiger charge is -2.34. The van der Waals surface area contributed by atoms with Crippen LogP contribution in [0.3, 0.4) is 0 Å². The zero-order valence-corrected chi connectivity index (χ0v) is 38.3. The maximum absolute atomic E-state index is 14.9. The van der Waals surface area contributed by atoms with Gasteiger partial charge in [-0.1, -0.05) is 46.7 Å². The third-order valence-corrected chi connectivity index (χ3v) is 12.1. The smallest absolute Gasteiger partial charge is 0.397 e. The molecule has 22 nitrogen and oxygen atoms in total. The highest BCUT2D eigenvalue weighted by Crippen LogP contribution is 2.33. The number of nitrogens with one attached hydrogen (secondary N) is 2. The molecular formula is C49H39F2N11O11. The maximum Gasteiger partial charge on any atom is 0.397 e. The first kappa shape index (κ1) is 48.3. The van der Waals surface area contributed by atoms with Crippen LogP contribution in [0.4, 0.5) is 8.78 Å². The number of methoxy groups -OCH3 is 1. The number of halogens is 2. The Labute approximate surface area is 409 Å². The number of nitrogens with zero attached hydrogens (tertiary/aromatic N) is 8. The third kappa shape index (κ3) is 9.50. The Morgan fingerprint density at radius 3 is 1.32 bits per heavy atom. The molecule has 4 N–H and O–H groups in total. The molecular weight excluding hydrogens is 957 g/mol. The summed E-state index contributed by atoms with van der Waals surface area (Å²) in [6.45, 7) is 1.71. The van der Waals surface area contributed by atoms with Gasteiger partial charge in [0, 0.05) is 97.8 Å². The second-order valence-electron chi connectivity index (χ2n) is 16.4. The predicted octanol–water partition coefficient (Wildman–Crippen LogP) is 3.93. The lowest BCUT2D eigenvalue weighted by Crippen LogP contribution is -2.52. The molecule has 0 bridgehead atoms. The minimum Gasteiger partial charge on any atom is -0.462 e. The van der Waals surface area contributed by atoms with E-state index in [0.717, 1.165) is 19.2 Å². The van der Waals surface area contributed by atoms with Gasteiger partial charge in [-0.2, -0.15) is 9.97 Å². The van der Waals surface area contributed by atoms with Gasteiger partial charge in [-0.15, -0.1) is 0 Å². The van der Waals surface area contributed by atoms with Gasteiger partial charge in [0.05, 0.1) is 29.3 Å². The fourth-order valence-electron chi connectivity index (χ4n) is 8.35. The molecule has 0 unspecified atom stereocenters. The Balaban J connectivity index is 0.000000180. The highest BCUT2D eigenvalue weighted by atomic mass is 19.1. The van der Waals surface area contributed by atoms with Crippen molar-refractivity contribution in [3.63, 3.8) is 0 Å². The van der Waals surface area contributed by atoms with Gasteiger partial charge in [0.2, 0.25) is 11.6 Å². The van der Waals surface area contributed by atoms with Gasteiger partial charge < -0.3 is 49.1 Å². The first-order valence-electron chi connectivity index (χ1n) is 22.2. The van der Waals surface area contributed by atoms with Crippen LogP contribution in [0.5, 0.6) is 0 Å². The molecule has 0 saturated carbocycles. The largest absolute Gasteiger partial charge is 0.462 e. The van der Waals surface area contributed by atoms with Crippen molar-refractivity contribution in [3.8, 4) is 22.8 Å². The monoisotopic (exact) mass is 995 g/mol. The molecule has 5 amide bonds. The summed E-state index contributed by atoms with van der Waals surface area (Å²) in [6.07, 6.45) is 2.48. The van der Waals surface area contributed by atoms with Crippen LogP contribution in [-0.4, -0.2) is 156 Å². The van der Waals surface area contributed by atoms with Gasteiger partial charge in [0.25, 0.3) is 35.2 Å². The number of fused-ring (bicyclic) bond motifs is 2. The van der Waals surface area contributed by atoms with Crippen molar-refractivity contribution >= 4 is 68.9 Å². The number of amides is 5. The van der Waals surface area contributed by atoms with Gasteiger partial charge in [0.15, 0.2) is 0 Å². The van der Waals surface area contributed by atoms with Crippen molar-refractivity contribution in [2.24, 2.45) is 5.73 Å². The number of ketones is 2. The van der Waals surface area contributed by atoms with E-state index in [2.05, 4.69) is 35.0 Å². The number of carbonyl (C=O) groups is 8. The summed E-state index contributed by atoms with van der Waals surface area (Å²) in [7, 11) is 1.16. The molecule has 2 saturated heterocycles. The van der Waals surface area contributed by atoms with Crippen LogP contribution in [0, 0.1) is 11.6 Å². The van der Waals surface area contributed by atoms with Gasteiger partial charge in [0.1, 0.15) is 11.6 Å². The zero-order chi connectivity index (χ0) is 51.5. The molecule has 73 heavy (non-hydrogen) atoms. The molecule has 10 rings (SSSR count). The molecule has 370 valence electrons. The van der Waals surface area contributed by atoms with Crippen molar-refractivity contribution < 1.29 is 60.9 Å². The highest BCUT2D eigenvalue weighted by Gasteiger charge is 2.34. The number of carbonyl (C=O) groups excluding carboxylic acids is 8. The van der Waals surface area contributed by atoms with Crippen LogP contribution in [0.2, 0.25) is 0 Å². The number of esters is 1. The number of piperazine rings is 2. The molecule has 4 aromatic heterocycles. The van der Waals surface area contributed by atoms with E-state index < -0.39 is 58.7 Å². The molecule has 0 radical (unpaired) electrons. The van der Waals surface area contributed by atoms with Crippen LogP contribution in [0.15, 0.2) is 106 Å². The van der Waals surface area contributed by atoms with E-state index in [1.54, 1.807) is 58.3 Å². The molecule has 0 atom stereocenters. The van der Waals surface area contributed by atoms with Crippen LogP contribution in [-0.2, 0) is 14.3 Å². The second-order valence-corrected chi connectivity index (χ2v) is 16.4. The molecule has 2 aliphatic rings. The minimum atomic E-state index is -0.925. The number of nitrogens with two attached hydrogens (primary N) is 1. The van der Waals surface area contributed by atoms with Crippen molar-refractivity contribution in [1.82, 2.24) is 49.8 Å². The van der Waals surface area contributed by atoms with Crippen molar-refractivity contribution in [2.45, 2.75) is 0 Å². The van der Waals surface area contributed by atoms with Crippen molar-refractivity contribution in [2.75, 3.05) is 59.5 Å². The van der Waals surface area contributed by atoms with E-state index in [-0.39, 0.29) is 120 Å². The number of aromatic nitrogens is 6. The van der Waals surface area contributed by atoms with E-state index in [4.69, 9.17) is 14.8 Å². The number of H-pyrrole nitrogens is 2. The summed E-state index contributed by atoms with van der Waals surface area (Å²) in [4.78, 5) is 120. The molecule has 4 aromatic carbocycles. The van der Waals surface area contributed by atoms with Gasteiger partial charge >= 0.3 is 23.7 Å².